The number of rotatable bonds is 3. The van der Waals surface area contributed by atoms with Gasteiger partial charge in [0.25, 0.3) is 0 Å². The highest BCUT2D eigenvalue weighted by molar-refractivity contribution is 5.18. The van der Waals surface area contributed by atoms with Crippen LogP contribution in [0.15, 0.2) is 18.3 Å². The average Bonchev–Trinajstić information content (AvgIpc) is 2.30. The van der Waals surface area contributed by atoms with Crippen LogP contribution in [0, 0.1) is 12.8 Å². The van der Waals surface area contributed by atoms with Crippen molar-refractivity contribution in [3.8, 4) is 0 Å². The van der Waals surface area contributed by atoms with Gasteiger partial charge < -0.3 is 5.32 Å². The predicted molar refractivity (Wildman–Crippen MR) is 67.5 cm³/mol. The lowest BCUT2D eigenvalue weighted by molar-refractivity contribution is 0.309. The molecule has 0 aromatic carbocycles. The number of pyridine rings is 1. The first-order valence-electron chi connectivity index (χ1n) is 6.39. The highest BCUT2D eigenvalue weighted by atomic mass is 14.9. The minimum absolute atomic E-state index is 0.719. The lowest BCUT2D eigenvalue weighted by Gasteiger charge is -2.27. The third-order valence-corrected chi connectivity index (χ3v) is 3.70. The number of hydrogen-bond donors (Lipinski definition) is 1. The summed E-state index contributed by atoms with van der Waals surface area (Å²) in [5, 5.41) is 3.57. The summed E-state index contributed by atoms with van der Waals surface area (Å²) < 4.78 is 0. The Bertz CT molecular complexity index is 327. The molecule has 2 unspecified atom stereocenters. The van der Waals surface area contributed by atoms with E-state index >= 15 is 0 Å². The van der Waals surface area contributed by atoms with E-state index in [1.54, 1.807) is 0 Å². The standard InChI is InChI=1S/C14H22N2/c1-11-5-6-13(10-16-11)7-8-14-4-3-9-15-12(14)2/h3-4,9,11,13,16H,5-8,10H2,1-2H3. The largest absolute Gasteiger partial charge is 0.314 e. The third kappa shape index (κ3) is 3.05. The molecule has 1 aliphatic heterocycles. The first-order chi connectivity index (χ1) is 7.75. The molecule has 2 atom stereocenters. The van der Waals surface area contributed by atoms with E-state index in [0.29, 0.717) is 0 Å². The Labute approximate surface area is 98.5 Å². The van der Waals surface area contributed by atoms with Gasteiger partial charge in [-0.1, -0.05) is 6.07 Å². The Morgan fingerprint density at radius 3 is 3.00 bits per heavy atom. The molecule has 0 bridgehead atoms. The van der Waals surface area contributed by atoms with Crippen LogP contribution in [0.3, 0.4) is 0 Å². The minimum atomic E-state index is 0.719. The molecule has 88 valence electrons. The first-order valence-corrected chi connectivity index (χ1v) is 6.39. The number of hydrogen-bond acceptors (Lipinski definition) is 2. The molecule has 2 heteroatoms. The topological polar surface area (TPSA) is 24.9 Å². The van der Waals surface area contributed by atoms with Gasteiger partial charge in [0.1, 0.15) is 0 Å². The summed E-state index contributed by atoms with van der Waals surface area (Å²) in [6, 6.07) is 4.97. The summed E-state index contributed by atoms with van der Waals surface area (Å²) in [4.78, 5) is 4.34. The molecule has 1 aromatic rings. The van der Waals surface area contributed by atoms with Gasteiger partial charge in [-0.05, 0) is 63.6 Å². The normalized spacial score (nSPS) is 25.6. The van der Waals surface area contributed by atoms with Gasteiger partial charge in [0, 0.05) is 17.9 Å². The molecular formula is C14H22N2. The van der Waals surface area contributed by atoms with Crippen molar-refractivity contribution in [1.29, 1.82) is 0 Å². The second-order valence-electron chi connectivity index (χ2n) is 5.04. The van der Waals surface area contributed by atoms with Crippen LogP contribution in [0.2, 0.25) is 0 Å². The van der Waals surface area contributed by atoms with Gasteiger partial charge in [-0.3, -0.25) is 4.98 Å². The van der Waals surface area contributed by atoms with Crippen LogP contribution in [0.4, 0.5) is 0 Å². The smallest absolute Gasteiger partial charge is 0.0404 e. The fourth-order valence-corrected chi connectivity index (χ4v) is 2.45. The molecule has 1 aliphatic rings. The number of nitrogens with zero attached hydrogens (tertiary/aromatic N) is 1. The van der Waals surface area contributed by atoms with Crippen molar-refractivity contribution in [1.82, 2.24) is 10.3 Å². The molecule has 0 radical (unpaired) electrons. The van der Waals surface area contributed by atoms with Crippen LogP contribution in [0.5, 0.6) is 0 Å². The summed E-state index contributed by atoms with van der Waals surface area (Å²) in [7, 11) is 0. The summed E-state index contributed by atoms with van der Waals surface area (Å²) in [6.45, 7) is 5.58. The van der Waals surface area contributed by atoms with E-state index in [1.165, 1.54) is 43.5 Å². The summed E-state index contributed by atoms with van der Waals surface area (Å²) in [5.41, 5.74) is 2.61. The van der Waals surface area contributed by atoms with Crippen LogP contribution < -0.4 is 5.32 Å². The van der Waals surface area contributed by atoms with Gasteiger partial charge in [-0.25, -0.2) is 0 Å². The highest BCUT2D eigenvalue weighted by Gasteiger charge is 2.17. The Morgan fingerprint density at radius 2 is 2.31 bits per heavy atom. The summed E-state index contributed by atoms with van der Waals surface area (Å²) in [5.74, 6) is 0.857. The first kappa shape index (κ1) is 11.6. The zero-order valence-corrected chi connectivity index (χ0v) is 10.4. The van der Waals surface area contributed by atoms with Gasteiger partial charge in [-0.15, -0.1) is 0 Å². The molecule has 2 rings (SSSR count). The number of aryl methyl sites for hydroxylation is 2. The fraction of sp³-hybridized carbons (Fsp3) is 0.643. The average molecular weight is 218 g/mol. The molecule has 0 saturated carbocycles. The molecule has 2 nitrogen and oxygen atoms in total. The zero-order chi connectivity index (χ0) is 11.4. The van der Waals surface area contributed by atoms with Crippen molar-refractivity contribution in [3.63, 3.8) is 0 Å². The predicted octanol–water partition coefficient (Wildman–Crippen LogP) is 2.71. The maximum atomic E-state index is 4.34. The maximum Gasteiger partial charge on any atom is 0.0404 e. The Kier molecular flexibility index (Phi) is 3.94. The third-order valence-electron chi connectivity index (χ3n) is 3.70. The quantitative estimate of drug-likeness (QED) is 0.843. The van der Waals surface area contributed by atoms with Crippen molar-refractivity contribution >= 4 is 0 Å². The van der Waals surface area contributed by atoms with Gasteiger partial charge in [0.05, 0.1) is 0 Å². The van der Waals surface area contributed by atoms with E-state index in [2.05, 4.69) is 30.2 Å². The monoisotopic (exact) mass is 218 g/mol. The zero-order valence-electron chi connectivity index (χ0n) is 10.4. The Balaban J connectivity index is 1.81. The minimum Gasteiger partial charge on any atom is -0.314 e. The molecule has 16 heavy (non-hydrogen) atoms. The number of piperidine rings is 1. The van der Waals surface area contributed by atoms with E-state index < -0.39 is 0 Å². The van der Waals surface area contributed by atoms with Gasteiger partial charge >= 0.3 is 0 Å². The summed E-state index contributed by atoms with van der Waals surface area (Å²) >= 11 is 0. The molecule has 1 saturated heterocycles. The van der Waals surface area contributed by atoms with Crippen molar-refractivity contribution in [2.75, 3.05) is 6.54 Å². The Morgan fingerprint density at radius 1 is 1.44 bits per heavy atom. The Hall–Kier alpha value is -0.890. The van der Waals surface area contributed by atoms with Gasteiger partial charge in [-0.2, -0.15) is 0 Å². The lowest BCUT2D eigenvalue weighted by atomic mass is 9.90. The second-order valence-corrected chi connectivity index (χ2v) is 5.04. The lowest BCUT2D eigenvalue weighted by Crippen LogP contribution is -2.36. The summed E-state index contributed by atoms with van der Waals surface area (Å²) in [6.07, 6.45) is 7.07. The van der Waals surface area contributed by atoms with Crippen LogP contribution in [0.1, 0.15) is 37.4 Å². The number of nitrogens with one attached hydrogen (secondary N) is 1. The van der Waals surface area contributed by atoms with Crippen LogP contribution in [0.25, 0.3) is 0 Å². The van der Waals surface area contributed by atoms with Crippen molar-refractivity contribution in [3.05, 3.63) is 29.6 Å². The molecule has 0 amide bonds. The van der Waals surface area contributed by atoms with Crippen molar-refractivity contribution in [2.45, 2.75) is 45.6 Å². The fourth-order valence-electron chi connectivity index (χ4n) is 2.45. The van der Waals surface area contributed by atoms with Gasteiger partial charge in [0.2, 0.25) is 0 Å². The van der Waals surface area contributed by atoms with E-state index in [0.717, 1.165) is 12.0 Å². The van der Waals surface area contributed by atoms with Gasteiger partial charge in [0.15, 0.2) is 0 Å². The highest BCUT2D eigenvalue weighted by Crippen LogP contribution is 2.20. The van der Waals surface area contributed by atoms with E-state index in [-0.39, 0.29) is 0 Å². The van der Waals surface area contributed by atoms with Crippen LogP contribution in [-0.4, -0.2) is 17.6 Å². The molecule has 2 heterocycles. The molecule has 1 fully saturated rings. The molecule has 1 N–H and O–H groups in total. The second kappa shape index (κ2) is 5.44. The van der Waals surface area contributed by atoms with Crippen LogP contribution in [-0.2, 0) is 6.42 Å². The SMILES string of the molecule is Cc1ncccc1CCC1CCC(C)NC1. The van der Waals surface area contributed by atoms with E-state index in [4.69, 9.17) is 0 Å². The van der Waals surface area contributed by atoms with Crippen molar-refractivity contribution in [2.24, 2.45) is 5.92 Å². The molecule has 1 aromatic heterocycles. The van der Waals surface area contributed by atoms with E-state index in [9.17, 15) is 0 Å². The van der Waals surface area contributed by atoms with Crippen molar-refractivity contribution < 1.29 is 0 Å². The maximum absolute atomic E-state index is 4.34. The molecule has 0 aliphatic carbocycles. The molecular weight excluding hydrogens is 196 g/mol. The molecule has 0 spiro atoms. The van der Waals surface area contributed by atoms with Crippen LogP contribution >= 0.6 is 0 Å². The number of aromatic nitrogens is 1. The van der Waals surface area contributed by atoms with E-state index in [1.807, 2.05) is 12.3 Å².